The Bertz CT molecular complexity index is 1020. The normalized spacial score (nSPS) is 15.2. The number of hydrogen-bond donors (Lipinski definition) is 0. The monoisotopic (exact) mass is 382 g/mol. The average Bonchev–Trinajstić information content (AvgIpc) is 2.67. The van der Waals surface area contributed by atoms with Crippen molar-refractivity contribution in [3.05, 3.63) is 74.8 Å². The first kappa shape index (κ1) is 18.1. The molecule has 0 unspecified atom stereocenters. The van der Waals surface area contributed by atoms with Crippen LogP contribution in [0.15, 0.2) is 47.4 Å². The fraction of sp³-hybridized carbons (Fsp3) is 0.364. The van der Waals surface area contributed by atoms with Crippen LogP contribution >= 0.6 is 11.6 Å². The lowest BCUT2D eigenvalue weighted by atomic mass is 9.84. The van der Waals surface area contributed by atoms with Crippen LogP contribution < -0.4 is 10.3 Å². The van der Waals surface area contributed by atoms with Crippen LogP contribution in [0.2, 0.25) is 5.02 Å². The molecule has 0 spiro atoms. The lowest BCUT2D eigenvalue weighted by molar-refractivity contribution is 0.292. The first-order valence-electron chi connectivity index (χ1n) is 9.51. The number of halogens is 1. The molecule has 4 rings (SSSR count). The molecule has 4 nitrogen and oxygen atoms in total. The van der Waals surface area contributed by atoms with Crippen LogP contribution in [0, 0.1) is 6.92 Å². The molecule has 140 valence electrons. The molecular weight excluding hydrogens is 360 g/mol. The number of nitrogens with zero attached hydrogens (tertiary/aromatic N) is 2. The van der Waals surface area contributed by atoms with Gasteiger partial charge >= 0.3 is 0 Å². The van der Waals surface area contributed by atoms with E-state index in [1.807, 2.05) is 37.3 Å². The van der Waals surface area contributed by atoms with E-state index in [1.54, 1.807) is 16.7 Å². The standard InChI is InChI=1S/C22H23ClN2O2/c1-15-9-10-25-21(11-15)24-18(13-22(25)26)14-27-20-8-7-17(23)12-19(20)16-5-3-2-4-6-16/h7-13,16H,2-6,14H2,1H3. The number of ether oxygens (including phenoxy) is 1. The summed E-state index contributed by atoms with van der Waals surface area (Å²) in [6.07, 6.45) is 7.90. The highest BCUT2D eigenvalue weighted by atomic mass is 35.5. The second-order valence-corrected chi connectivity index (χ2v) is 7.76. The fourth-order valence-corrected chi connectivity index (χ4v) is 4.04. The van der Waals surface area contributed by atoms with Gasteiger partial charge in [0.1, 0.15) is 18.0 Å². The molecule has 5 heteroatoms. The van der Waals surface area contributed by atoms with Crippen molar-refractivity contribution in [1.29, 1.82) is 0 Å². The molecule has 0 radical (unpaired) electrons. The highest BCUT2D eigenvalue weighted by molar-refractivity contribution is 6.30. The molecular formula is C22H23ClN2O2. The van der Waals surface area contributed by atoms with Gasteiger partial charge in [0, 0.05) is 17.3 Å². The Morgan fingerprint density at radius 1 is 1.15 bits per heavy atom. The van der Waals surface area contributed by atoms with E-state index in [9.17, 15) is 4.79 Å². The van der Waals surface area contributed by atoms with Crippen molar-refractivity contribution in [1.82, 2.24) is 9.38 Å². The smallest absolute Gasteiger partial charge is 0.258 e. The third kappa shape index (κ3) is 4.01. The molecule has 0 aliphatic heterocycles. The van der Waals surface area contributed by atoms with Crippen LogP contribution in [0.1, 0.15) is 54.8 Å². The van der Waals surface area contributed by atoms with E-state index in [2.05, 4.69) is 4.98 Å². The number of aromatic nitrogens is 2. The van der Waals surface area contributed by atoms with Crippen molar-refractivity contribution in [2.45, 2.75) is 51.6 Å². The number of rotatable bonds is 4. The molecule has 0 saturated heterocycles. The van der Waals surface area contributed by atoms with Gasteiger partial charge in [0.25, 0.3) is 5.56 Å². The van der Waals surface area contributed by atoms with Crippen LogP contribution in [0.25, 0.3) is 5.65 Å². The molecule has 0 bridgehead atoms. The van der Waals surface area contributed by atoms with Crippen LogP contribution in [0.5, 0.6) is 5.75 Å². The lowest BCUT2D eigenvalue weighted by Crippen LogP contribution is -2.16. The van der Waals surface area contributed by atoms with Gasteiger partial charge in [0.05, 0.1) is 5.69 Å². The summed E-state index contributed by atoms with van der Waals surface area (Å²) in [5.74, 6) is 1.34. The zero-order valence-corrected chi connectivity index (χ0v) is 16.2. The minimum Gasteiger partial charge on any atom is -0.487 e. The Morgan fingerprint density at radius 2 is 1.96 bits per heavy atom. The Labute approximate surface area is 163 Å². The molecule has 1 aliphatic rings. The third-order valence-corrected chi connectivity index (χ3v) is 5.50. The molecule has 27 heavy (non-hydrogen) atoms. The molecule has 1 aromatic carbocycles. The zero-order chi connectivity index (χ0) is 18.8. The Balaban J connectivity index is 1.60. The molecule has 2 aromatic heterocycles. The first-order chi connectivity index (χ1) is 13.1. The van der Waals surface area contributed by atoms with Crippen molar-refractivity contribution in [2.75, 3.05) is 0 Å². The highest BCUT2D eigenvalue weighted by Crippen LogP contribution is 2.38. The molecule has 2 heterocycles. The molecule has 1 saturated carbocycles. The van der Waals surface area contributed by atoms with Crippen LogP contribution in [-0.4, -0.2) is 9.38 Å². The van der Waals surface area contributed by atoms with Gasteiger partial charge in [-0.2, -0.15) is 0 Å². The van der Waals surface area contributed by atoms with Gasteiger partial charge < -0.3 is 4.74 Å². The fourth-order valence-electron chi connectivity index (χ4n) is 3.86. The number of aryl methyl sites for hydroxylation is 1. The summed E-state index contributed by atoms with van der Waals surface area (Å²) in [6, 6.07) is 11.2. The van der Waals surface area contributed by atoms with Gasteiger partial charge in [-0.1, -0.05) is 30.9 Å². The number of fused-ring (bicyclic) bond motifs is 1. The van der Waals surface area contributed by atoms with E-state index in [0.29, 0.717) is 17.3 Å². The lowest BCUT2D eigenvalue weighted by Gasteiger charge is -2.24. The quantitative estimate of drug-likeness (QED) is 0.616. The minimum absolute atomic E-state index is 0.0952. The molecule has 1 fully saturated rings. The van der Waals surface area contributed by atoms with Crippen molar-refractivity contribution >= 4 is 17.2 Å². The van der Waals surface area contributed by atoms with Crippen LogP contribution in [0.4, 0.5) is 0 Å². The van der Waals surface area contributed by atoms with E-state index in [0.717, 1.165) is 16.3 Å². The van der Waals surface area contributed by atoms with Crippen molar-refractivity contribution < 1.29 is 4.74 Å². The number of pyridine rings is 1. The molecule has 3 aromatic rings. The van der Waals surface area contributed by atoms with E-state index in [-0.39, 0.29) is 12.2 Å². The summed E-state index contributed by atoms with van der Waals surface area (Å²) >= 11 is 6.24. The topological polar surface area (TPSA) is 43.6 Å². The van der Waals surface area contributed by atoms with Gasteiger partial charge in [-0.3, -0.25) is 9.20 Å². The molecule has 0 amide bonds. The maximum atomic E-state index is 12.3. The summed E-state index contributed by atoms with van der Waals surface area (Å²) in [5, 5.41) is 0.737. The van der Waals surface area contributed by atoms with E-state index in [4.69, 9.17) is 16.3 Å². The van der Waals surface area contributed by atoms with Crippen molar-refractivity contribution in [3.63, 3.8) is 0 Å². The number of benzene rings is 1. The summed E-state index contributed by atoms with van der Waals surface area (Å²) in [7, 11) is 0. The summed E-state index contributed by atoms with van der Waals surface area (Å²) in [5.41, 5.74) is 3.43. The average molecular weight is 383 g/mol. The van der Waals surface area contributed by atoms with Crippen molar-refractivity contribution in [3.8, 4) is 5.75 Å². The maximum Gasteiger partial charge on any atom is 0.258 e. The maximum absolute atomic E-state index is 12.3. The summed E-state index contributed by atoms with van der Waals surface area (Å²) < 4.78 is 7.64. The van der Waals surface area contributed by atoms with Gasteiger partial charge in [0.2, 0.25) is 0 Å². The largest absolute Gasteiger partial charge is 0.487 e. The highest BCUT2D eigenvalue weighted by Gasteiger charge is 2.20. The predicted octanol–water partition coefficient (Wildman–Crippen LogP) is 5.28. The van der Waals surface area contributed by atoms with Crippen LogP contribution in [-0.2, 0) is 6.61 Å². The van der Waals surface area contributed by atoms with Gasteiger partial charge in [-0.05, 0) is 67.1 Å². The molecule has 0 N–H and O–H groups in total. The zero-order valence-electron chi connectivity index (χ0n) is 15.5. The Kier molecular flexibility index (Phi) is 5.17. The molecule has 0 atom stereocenters. The van der Waals surface area contributed by atoms with E-state index >= 15 is 0 Å². The first-order valence-corrected chi connectivity index (χ1v) is 9.89. The van der Waals surface area contributed by atoms with Gasteiger partial charge in [-0.15, -0.1) is 0 Å². The second-order valence-electron chi connectivity index (χ2n) is 7.32. The Morgan fingerprint density at radius 3 is 2.78 bits per heavy atom. The van der Waals surface area contributed by atoms with E-state index in [1.165, 1.54) is 37.7 Å². The summed E-state index contributed by atoms with van der Waals surface area (Å²) in [6.45, 7) is 2.25. The Hall–Kier alpha value is -2.33. The minimum atomic E-state index is -0.0952. The third-order valence-electron chi connectivity index (χ3n) is 5.27. The summed E-state index contributed by atoms with van der Waals surface area (Å²) in [4.78, 5) is 16.9. The second kappa shape index (κ2) is 7.73. The SMILES string of the molecule is Cc1ccn2c(=O)cc(COc3ccc(Cl)cc3C3CCCCC3)nc2c1. The van der Waals surface area contributed by atoms with Gasteiger partial charge in [-0.25, -0.2) is 4.98 Å². The van der Waals surface area contributed by atoms with Crippen molar-refractivity contribution in [2.24, 2.45) is 0 Å². The molecule has 1 aliphatic carbocycles. The predicted molar refractivity (Wildman–Crippen MR) is 108 cm³/mol. The van der Waals surface area contributed by atoms with Gasteiger partial charge in [0.15, 0.2) is 0 Å². The van der Waals surface area contributed by atoms with E-state index < -0.39 is 0 Å². The number of hydrogen-bond acceptors (Lipinski definition) is 3. The van der Waals surface area contributed by atoms with Crippen LogP contribution in [0.3, 0.4) is 0 Å².